The molecule has 3 heterocycles. The van der Waals surface area contributed by atoms with Crippen LogP contribution in [-0.4, -0.2) is 14.5 Å². The standard InChI is InChI=1S/C53H33N3O/c1-53(2)42-21-11-9-20-40(42)49-50(32-23-24-37-36-18-10-12-22-45(36)57-46(37)29-32)54-52(55-51(49)53)56-43-26-25-39-35-17-6-5-15-33(35)34-16-7-8-19-38(34)47(39)48(43)41-27-30-13-3-4-14-31(30)28-44(41)56/h3-29H,1-2H3. The second kappa shape index (κ2) is 10.9. The first kappa shape index (κ1) is 31.0. The van der Waals surface area contributed by atoms with E-state index in [9.17, 15) is 0 Å². The molecule has 0 saturated heterocycles. The van der Waals surface area contributed by atoms with Crippen molar-refractivity contribution in [2.75, 3.05) is 0 Å². The van der Waals surface area contributed by atoms with Crippen LogP contribution < -0.4 is 0 Å². The Bertz CT molecular complexity index is 3700. The lowest BCUT2D eigenvalue weighted by atomic mass is 9.85. The van der Waals surface area contributed by atoms with Crippen LogP contribution in [0.5, 0.6) is 0 Å². The maximum Gasteiger partial charge on any atom is 0.235 e. The molecule has 0 aliphatic heterocycles. The Morgan fingerprint density at radius 2 is 1.09 bits per heavy atom. The van der Waals surface area contributed by atoms with Gasteiger partial charge in [-0.3, -0.25) is 4.57 Å². The predicted octanol–water partition coefficient (Wildman–Crippen LogP) is 14.1. The lowest BCUT2D eigenvalue weighted by Crippen LogP contribution is -2.18. The van der Waals surface area contributed by atoms with Crippen molar-refractivity contribution in [2.24, 2.45) is 0 Å². The molecule has 0 N–H and O–H groups in total. The summed E-state index contributed by atoms with van der Waals surface area (Å²) in [6.45, 7) is 4.59. The molecule has 1 aliphatic rings. The first-order chi connectivity index (χ1) is 28.0. The summed E-state index contributed by atoms with van der Waals surface area (Å²) in [5.41, 5.74) is 10.0. The van der Waals surface area contributed by atoms with Crippen molar-refractivity contribution in [3.8, 4) is 28.3 Å². The van der Waals surface area contributed by atoms with E-state index in [1.807, 2.05) is 12.1 Å². The molecule has 4 heteroatoms. The summed E-state index contributed by atoms with van der Waals surface area (Å²) in [6.07, 6.45) is 0. The second-order valence-corrected chi connectivity index (χ2v) is 16.1. The topological polar surface area (TPSA) is 43.9 Å². The molecule has 266 valence electrons. The van der Waals surface area contributed by atoms with Gasteiger partial charge in [0, 0.05) is 43.5 Å². The van der Waals surface area contributed by atoms with E-state index < -0.39 is 0 Å². The number of para-hydroxylation sites is 1. The molecule has 0 atom stereocenters. The Morgan fingerprint density at radius 1 is 0.474 bits per heavy atom. The molecule has 0 bridgehead atoms. The van der Waals surface area contributed by atoms with Crippen LogP contribution >= 0.6 is 0 Å². The van der Waals surface area contributed by atoms with Crippen LogP contribution in [0.3, 0.4) is 0 Å². The zero-order valence-corrected chi connectivity index (χ0v) is 31.3. The van der Waals surface area contributed by atoms with Gasteiger partial charge in [-0.15, -0.1) is 0 Å². The van der Waals surface area contributed by atoms with Crippen molar-refractivity contribution in [3.05, 3.63) is 175 Å². The number of hydrogen-bond acceptors (Lipinski definition) is 3. The fourth-order valence-corrected chi connectivity index (χ4v) is 10.1. The quantitative estimate of drug-likeness (QED) is 0.167. The normalized spacial score (nSPS) is 13.6. The largest absolute Gasteiger partial charge is 0.456 e. The molecule has 57 heavy (non-hydrogen) atoms. The number of nitrogens with zero attached hydrogens (tertiary/aromatic N) is 3. The van der Waals surface area contributed by atoms with Crippen LogP contribution in [0.2, 0.25) is 0 Å². The zero-order valence-electron chi connectivity index (χ0n) is 31.3. The van der Waals surface area contributed by atoms with Gasteiger partial charge in [-0.2, -0.15) is 0 Å². The Morgan fingerprint density at radius 3 is 1.89 bits per heavy atom. The highest BCUT2D eigenvalue weighted by Gasteiger charge is 2.40. The van der Waals surface area contributed by atoms with Gasteiger partial charge in [0.15, 0.2) is 0 Å². The molecule has 9 aromatic carbocycles. The number of rotatable bonds is 2. The predicted molar refractivity (Wildman–Crippen MR) is 237 cm³/mol. The highest BCUT2D eigenvalue weighted by atomic mass is 16.3. The van der Waals surface area contributed by atoms with Crippen LogP contribution in [-0.2, 0) is 5.41 Å². The van der Waals surface area contributed by atoms with Crippen molar-refractivity contribution in [3.63, 3.8) is 0 Å². The molecule has 0 fully saturated rings. The third-order valence-corrected chi connectivity index (χ3v) is 12.7. The average Bonchev–Trinajstić information content (AvgIpc) is 3.87. The summed E-state index contributed by atoms with van der Waals surface area (Å²) >= 11 is 0. The molecule has 0 spiro atoms. The van der Waals surface area contributed by atoms with E-state index in [1.54, 1.807) is 0 Å². The summed E-state index contributed by atoms with van der Waals surface area (Å²) in [4.78, 5) is 11.3. The average molecular weight is 728 g/mol. The van der Waals surface area contributed by atoms with E-state index >= 15 is 0 Å². The van der Waals surface area contributed by atoms with E-state index in [4.69, 9.17) is 14.4 Å². The van der Waals surface area contributed by atoms with Gasteiger partial charge >= 0.3 is 0 Å². The maximum atomic E-state index is 6.46. The number of benzene rings is 9. The molecular formula is C53H33N3O. The SMILES string of the molecule is CC1(C)c2ccccc2-c2c(-c3ccc4c(c3)oc3ccccc34)nc(-n3c4cc5ccccc5cc4c4c5c6ccccc6c6ccccc6c5ccc43)nc21. The molecule has 0 unspecified atom stereocenters. The fraction of sp³-hybridized carbons (Fsp3) is 0.0566. The van der Waals surface area contributed by atoms with E-state index in [1.165, 1.54) is 65.0 Å². The van der Waals surface area contributed by atoms with Crippen LogP contribution in [0.1, 0.15) is 25.1 Å². The van der Waals surface area contributed by atoms with Gasteiger partial charge in [0.2, 0.25) is 5.95 Å². The third kappa shape index (κ3) is 4.06. The molecule has 0 saturated carbocycles. The maximum absolute atomic E-state index is 6.46. The Labute approximate surface area is 327 Å². The van der Waals surface area contributed by atoms with Gasteiger partial charge in [-0.25, -0.2) is 9.97 Å². The van der Waals surface area contributed by atoms with Crippen LogP contribution in [0.15, 0.2) is 168 Å². The monoisotopic (exact) mass is 727 g/mol. The van der Waals surface area contributed by atoms with E-state index in [2.05, 4.69) is 170 Å². The van der Waals surface area contributed by atoms with Gasteiger partial charge in [-0.05, 0) is 85.2 Å². The summed E-state index contributed by atoms with van der Waals surface area (Å²) in [7, 11) is 0. The van der Waals surface area contributed by atoms with Gasteiger partial charge in [-0.1, -0.05) is 141 Å². The van der Waals surface area contributed by atoms with Crippen LogP contribution in [0.4, 0.5) is 0 Å². The van der Waals surface area contributed by atoms with Crippen molar-refractivity contribution < 1.29 is 4.42 Å². The minimum Gasteiger partial charge on any atom is -0.456 e. The van der Waals surface area contributed by atoms with Crippen molar-refractivity contribution in [1.29, 1.82) is 0 Å². The highest BCUT2D eigenvalue weighted by Crippen LogP contribution is 2.52. The van der Waals surface area contributed by atoms with Crippen LogP contribution in [0.25, 0.3) is 115 Å². The Hall–Kier alpha value is -7.30. The Kier molecular flexibility index (Phi) is 5.94. The van der Waals surface area contributed by atoms with Gasteiger partial charge in [0.05, 0.1) is 22.4 Å². The molecule has 3 aromatic heterocycles. The third-order valence-electron chi connectivity index (χ3n) is 12.7. The van der Waals surface area contributed by atoms with Gasteiger partial charge < -0.3 is 4.42 Å². The molecule has 0 amide bonds. The zero-order chi connectivity index (χ0) is 37.6. The minimum absolute atomic E-state index is 0.352. The van der Waals surface area contributed by atoms with Gasteiger partial charge in [0.25, 0.3) is 0 Å². The summed E-state index contributed by atoms with van der Waals surface area (Å²) in [5, 5.41) is 14.5. The number of aromatic nitrogens is 3. The molecular weight excluding hydrogens is 695 g/mol. The highest BCUT2D eigenvalue weighted by molar-refractivity contribution is 6.35. The van der Waals surface area contributed by atoms with Crippen LogP contribution in [0, 0.1) is 0 Å². The molecule has 0 radical (unpaired) electrons. The number of hydrogen-bond donors (Lipinski definition) is 0. The summed E-state index contributed by atoms with van der Waals surface area (Å²) in [5.74, 6) is 0.661. The van der Waals surface area contributed by atoms with E-state index in [-0.39, 0.29) is 5.41 Å². The molecule has 4 nitrogen and oxygen atoms in total. The van der Waals surface area contributed by atoms with Gasteiger partial charge in [0.1, 0.15) is 11.2 Å². The van der Waals surface area contributed by atoms with Crippen molar-refractivity contribution >= 4 is 86.8 Å². The van der Waals surface area contributed by atoms with Crippen molar-refractivity contribution in [2.45, 2.75) is 19.3 Å². The summed E-state index contributed by atoms with van der Waals surface area (Å²) < 4.78 is 8.78. The first-order valence-corrected chi connectivity index (χ1v) is 19.7. The number of fused-ring (bicyclic) bond motifs is 17. The first-order valence-electron chi connectivity index (χ1n) is 19.7. The van der Waals surface area contributed by atoms with E-state index in [0.717, 1.165) is 55.5 Å². The molecule has 1 aliphatic carbocycles. The molecule has 13 rings (SSSR count). The smallest absolute Gasteiger partial charge is 0.235 e. The lowest BCUT2D eigenvalue weighted by molar-refractivity contribution is 0.632. The van der Waals surface area contributed by atoms with E-state index in [0.29, 0.717) is 5.95 Å². The molecule has 12 aromatic rings. The number of furan rings is 1. The lowest BCUT2D eigenvalue weighted by Gasteiger charge is -2.21. The minimum atomic E-state index is -0.352. The Balaban J connectivity index is 1.20. The fourth-order valence-electron chi connectivity index (χ4n) is 10.1. The van der Waals surface area contributed by atoms with Crippen molar-refractivity contribution in [1.82, 2.24) is 14.5 Å². The second-order valence-electron chi connectivity index (χ2n) is 16.1. The summed E-state index contributed by atoms with van der Waals surface area (Å²) in [6, 6.07) is 59.2.